The molecule has 0 saturated carbocycles. The lowest BCUT2D eigenvalue weighted by Crippen LogP contribution is -2.15. The summed E-state index contributed by atoms with van der Waals surface area (Å²) < 4.78 is 40.2. The molecule has 0 aliphatic carbocycles. The molecule has 0 aliphatic rings. The summed E-state index contributed by atoms with van der Waals surface area (Å²) in [6.07, 6.45) is 0. The Morgan fingerprint density at radius 3 is 2.39 bits per heavy atom. The van der Waals surface area contributed by atoms with E-state index in [2.05, 4.69) is 0 Å². The Kier molecular flexibility index (Phi) is 4.46. The first-order valence-electron chi connectivity index (χ1n) is 6.37. The van der Waals surface area contributed by atoms with Crippen molar-refractivity contribution in [2.24, 2.45) is 0 Å². The highest BCUT2D eigenvalue weighted by molar-refractivity contribution is 7.92. The van der Waals surface area contributed by atoms with Crippen LogP contribution in [0.5, 0.6) is 0 Å². The summed E-state index contributed by atoms with van der Waals surface area (Å²) in [6, 6.07) is 7.99. The van der Waals surface area contributed by atoms with E-state index >= 15 is 0 Å². The average Bonchev–Trinajstić information content (AvgIpc) is 2.49. The number of aromatic carboxylic acids is 1. The molecule has 2 N–H and O–H groups in total. The Morgan fingerprint density at radius 2 is 1.78 bits per heavy atom. The Bertz CT molecular complexity index is 892. The molecular weight excluding hydrogens is 325 g/mol. The van der Waals surface area contributed by atoms with Gasteiger partial charge in [-0.05, 0) is 37.3 Å². The van der Waals surface area contributed by atoms with Crippen LogP contribution in [0, 0.1) is 5.82 Å². The van der Waals surface area contributed by atoms with Crippen LogP contribution in [0.2, 0.25) is 0 Å². The number of carbonyl (C=O) groups is 2. The van der Waals surface area contributed by atoms with Crippen molar-refractivity contribution in [3.05, 3.63) is 59.4 Å². The van der Waals surface area contributed by atoms with Gasteiger partial charge in [0.1, 0.15) is 5.82 Å². The van der Waals surface area contributed by atoms with E-state index < -0.39 is 27.5 Å². The molecule has 0 radical (unpaired) electrons. The zero-order valence-corrected chi connectivity index (χ0v) is 12.7. The van der Waals surface area contributed by atoms with E-state index in [4.69, 9.17) is 5.11 Å². The molecule has 0 fully saturated rings. The van der Waals surface area contributed by atoms with Gasteiger partial charge in [-0.25, -0.2) is 17.6 Å². The van der Waals surface area contributed by atoms with Crippen LogP contribution in [0.15, 0.2) is 47.4 Å². The zero-order chi connectivity index (χ0) is 17.2. The van der Waals surface area contributed by atoms with Crippen LogP contribution in [-0.4, -0.2) is 25.3 Å². The topological polar surface area (TPSA) is 101 Å². The van der Waals surface area contributed by atoms with E-state index in [1.54, 1.807) is 0 Å². The molecule has 0 aliphatic heterocycles. The van der Waals surface area contributed by atoms with E-state index in [0.717, 1.165) is 24.3 Å². The average molecular weight is 337 g/mol. The molecule has 0 atom stereocenters. The molecule has 0 heterocycles. The van der Waals surface area contributed by atoms with E-state index in [-0.39, 0.29) is 21.8 Å². The van der Waals surface area contributed by atoms with Gasteiger partial charge < -0.3 is 5.11 Å². The molecule has 6 nitrogen and oxygen atoms in total. The highest BCUT2D eigenvalue weighted by Gasteiger charge is 2.18. The fraction of sp³-hybridized carbons (Fsp3) is 0.0667. The third kappa shape index (κ3) is 3.72. The molecule has 0 spiro atoms. The van der Waals surface area contributed by atoms with Gasteiger partial charge in [-0.15, -0.1) is 0 Å². The van der Waals surface area contributed by atoms with Crippen LogP contribution >= 0.6 is 0 Å². The smallest absolute Gasteiger partial charge is 0.335 e. The van der Waals surface area contributed by atoms with E-state index in [1.165, 1.54) is 25.1 Å². The second-order valence-electron chi connectivity index (χ2n) is 4.69. The molecule has 0 amide bonds. The monoisotopic (exact) mass is 337 g/mol. The van der Waals surface area contributed by atoms with Crippen LogP contribution in [0.4, 0.5) is 10.1 Å². The van der Waals surface area contributed by atoms with E-state index in [9.17, 15) is 22.4 Å². The number of hydrogen-bond donors (Lipinski definition) is 2. The number of Topliss-reactive ketones (excluding diaryl/α,β-unsaturated/α-hetero) is 1. The van der Waals surface area contributed by atoms with Crippen molar-refractivity contribution in [3.63, 3.8) is 0 Å². The molecule has 2 aromatic rings. The minimum Gasteiger partial charge on any atom is -0.478 e. The zero-order valence-electron chi connectivity index (χ0n) is 11.9. The number of hydrogen-bond acceptors (Lipinski definition) is 4. The quantitative estimate of drug-likeness (QED) is 0.817. The third-order valence-corrected chi connectivity index (χ3v) is 4.37. The fourth-order valence-electron chi connectivity index (χ4n) is 1.82. The minimum absolute atomic E-state index is 0.188. The second-order valence-corrected chi connectivity index (χ2v) is 6.37. The summed E-state index contributed by atoms with van der Waals surface area (Å²) in [5.74, 6) is -2.55. The normalized spacial score (nSPS) is 11.0. The van der Waals surface area contributed by atoms with Crippen molar-refractivity contribution < 1.29 is 27.5 Å². The van der Waals surface area contributed by atoms with Crippen LogP contribution in [-0.2, 0) is 10.0 Å². The molecule has 0 bridgehead atoms. The summed E-state index contributed by atoms with van der Waals surface area (Å²) >= 11 is 0. The molecule has 8 heteroatoms. The molecule has 0 aromatic heterocycles. The lowest BCUT2D eigenvalue weighted by Gasteiger charge is -2.10. The molecule has 2 rings (SSSR count). The standard InChI is InChI=1S/C15H12FNO5S/c1-9(18)10-3-2-4-12(7-10)23(21,22)17-14-8-11(15(19)20)5-6-13(14)16/h2-8,17H,1H3,(H,19,20). The van der Waals surface area contributed by atoms with E-state index in [0.29, 0.717) is 0 Å². The molecule has 23 heavy (non-hydrogen) atoms. The summed E-state index contributed by atoms with van der Waals surface area (Å²) in [5, 5.41) is 8.88. The molecule has 2 aromatic carbocycles. The Labute approximate surface area is 131 Å². The SMILES string of the molecule is CC(=O)c1cccc(S(=O)(=O)Nc2cc(C(=O)O)ccc2F)c1. The predicted octanol–water partition coefficient (Wildman–Crippen LogP) is 2.53. The van der Waals surface area contributed by atoms with Crippen molar-refractivity contribution >= 4 is 27.5 Å². The van der Waals surface area contributed by atoms with Gasteiger partial charge in [-0.3, -0.25) is 9.52 Å². The van der Waals surface area contributed by atoms with Gasteiger partial charge in [0, 0.05) is 5.56 Å². The maximum absolute atomic E-state index is 13.7. The van der Waals surface area contributed by atoms with Crippen molar-refractivity contribution in [3.8, 4) is 0 Å². The third-order valence-electron chi connectivity index (χ3n) is 3.01. The molecule has 120 valence electrons. The Balaban J connectivity index is 2.42. The van der Waals surface area contributed by atoms with Crippen LogP contribution in [0.3, 0.4) is 0 Å². The number of anilines is 1. The lowest BCUT2D eigenvalue weighted by atomic mass is 10.2. The van der Waals surface area contributed by atoms with Crippen molar-refractivity contribution in [2.75, 3.05) is 4.72 Å². The largest absolute Gasteiger partial charge is 0.478 e. The van der Waals surface area contributed by atoms with Gasteiger partial charge in [0.2, 0.25) is 0 Å². The summed E-state index contributed by atoms with van der Waals surface area (Å²) in [6.45, 7) is 1.29. The number of sulfonamides is 1. The molecular formula is C15H12FNO5S. The highest BCUT2D eigenvalue weighted by Crippen LogP contribution is 2.21. The summed E-state index contributed by atoms with van der Waals surface area (Å²) in [5.41, 5.74) is -0.563. The van der Waals surface area contributed by atoms with Gasteiger partial charge in [-0.1, -0.05) is 12.1 Å². The number of carboxylic acids is 1. The molecule has 0 unspecified atom stereocenters. The summed E-state index contributed by atoms with van der Waals surface area (Å²) in [4.78, 5) is 22.0. The minimum atomic E-state index is -4.17. The number of nitrogens with one attached hydrogen (secondary N) is 1. The van der Waals surface area contributed by atoms with Crippen LogP contribution < -0.4 is 4.72 Å². The van der Waals surface area contributed by atoms with Crippen molar-refractivity contribution in [1.29, 1.82) is 0 Å². The van der Waals surface area contributed by atoms with Gasteiger partial charge in [0.05, 0.1) is 16.1 Å². The van der Waals surface area contributed by atoms with Crippen LogP contribution in [0.1, 0.15) is 27.6 Å². The number of ketones is 1. The predicted molar refractivity (Wildman–Crippen MR) is 80.6 cm³/mol. The Morgan fingerprint density at radius 1 is 1.09 bits per heavy atom. The second kappa shape index (κ2) is 6.17. The molecule has 0 saturated heterocycles. The number of benzene rings is 2. The fourth-order valence-corrected chi connectivity index (χ4v) is 2.93. The van der Waals surface area contributed by atoms with Crippen molar-refractivity contribution in [1.82, 2.24) is 0 Å². The number of carbonyl (C=O) groups excluding carboxylic acids is 1. The lowest BCUT2D eigenvalue weighted by molar-refractivity contribution is 0.0696. The van der Waals surface area contributed by atoms with Crippen molar-refractivity contribution in [2.45, 2.75) is 11.8 Å². The number of rotatable bonds is 5. The van der Waals surface area contributed by atoms with Crippen LogP contribution in [0.25, 0.3) is 0 Å². The van der Waals surface area contributed by atoms with Gasteiger partial charge in [0.25, 0.3) is 10.0 Å². The first-order valence-corrected chi connectivity index (χ1v) is 7.85. The number of carboxylic acid groups (broad SMARTS) is 1. The number of halogens is 1. The van der Waals surface area contributed by atoms with Gasteiger partial charge in [-0.2, -0.15) is 0 Å². The maximum atomic E-state index is 13.7. The highest BCUT2D eigenvalue weighted by atomic mass is 32.2. The van der Waals surface area contributed by atoms with Gasteiger partial charge in [0.15, 0.2) is 5.78 Å². The van der Waals surface area contributed by atoms with E-state index in [1.807, 2.05) is 4.72 Å². The first-order chi connectivity index (χ1) is 10.7. The maximum Gasteiger partial charge on any atom is 0.335 e. The first kappa shape index (κ1) is 16.6. The summed E-state index contributed by atoms with van der Waals surface area (Å²) in [7, 11) is -4.17. The van der Waals surface area contributed by atoms with Gasteiger partial charge >= 0.3 is 5.97 Å². The Hall–Kier alpha value is -2.74.